The van der Waals surface area contributed by atoms with Gasteiger partial charge in [0.1, 0.15) is 0 Å². The number of nitrogens with zero attached hydrogens (tertiary/aromatic N) is 1. The molecule has 2 amide bonds. The Labute approximate surface area is 105 Å². The van der Waals surface area contributed by atoms with Gasteiger partial charge in [-0.2, -0.15) is 0 Å². The highest BCUT2D eigenvalue weighted by Crippen LogP contribution is 2.16. The molecule has 0 unspecified atom stereocenters. The fourth-order valence-corrected chi connectivity index (χ4v) is 1.95. The highest BCUT2D eigenvalue weighted by molar-refractivity contribution is 7.13. The first kappa shape index (κ1) is 13.9. The molecule has 1 rings (SSSR count). The van der Waals surface area contributed by atoms with E-state index in [1.807, 2.05) is 5.38 Å². The maximum absolute atomic E-state index is 11.6. The van der Waals surface area contributed by atoms with Crippen LogP contribution in [0.5, 0.6) is 0 Å². The predicted octanol–water partition coefficient (Wildman–Crippen LogP) is 1.99. The summed E-state index contributed by atoms with van der Waals surface area (Å²) >= 11 is 1.41. The number of aliphatic hydroxyl groups is 1. The van der Waals surface area contributed by atoms with E-state index in [0.717, 1.165) is 18.5 Å². The molecule has 0 aliphatic rings. The van der Waals surface area contributed by atoms with Crippen LogP contribution in [-0.4, -0.2) is 28.3 Å². The third kappa shape index (κ3) is 4.70. The van der Waals surface area contributed by atoms with E-state index in [0.29, 0.717) is 5.13 Å². The van der Waals surface area contributed by atoms with Crippen LogP contribution in [0, 0.1) is 0 Å². The standard InChI is InChI=1S/C11H19N3O2S/c1-4-5-8-6-17-10(12-8)13-9(16)14-11(2,3)7-15/h6,15H,4-5,7H2,1-3H3,(H2,12,13,14,16). The molecule has 5 nitrogen and oxygen atoms in total. The average Bonchev–Trinajstić information content (AvgIpc) is 2.65. The molecule has 17 heavy (non-hydrogen) atoms. The van der Waals surface area contributed by atoms with E-state index in [1.165, 1.54) is 11.3 Å². The Bertz CT molecular complexity index is 377. The number of amides is 2. The van der Waals surface area contributed by atoms with Crippen LogP contribution in [0.3, 0.4) is 0 Å². The van der Waals surface area contributed by atoms with E-state index in [9.17, 15) is 4.79 Å². The van der Waals surface area contributed by atoms with E-state index in [1.54, 1.807) is 13.8 Å². The molecule has 0 saturated heterocycles. The minimum atomic E-state index is -0.631. The molecule has 0 fully saturated rings. The van der Waals surface area contributed by atoms with Crippen molar-refractivity contribution in [3.05, 3.63) is 11.1 Å². The highest BCUT2D eigenvalue weighted by atomic mass is 32.1. The van der Waals surface area contributed by atoms with Gasteiger partial charge < -0.3 is 10.4 Å². The van der Waals surface area contributed by atoms with Crippen LogP contribution in [-0.2, 0) is 6.42 Å². The number of aromatic nitrogens is 1. The lowest BCUT2D eigenvalue weighted by atomic mass is 10.1. The van der Waals surface area contributed by atoms with Gasteiger partial charge in [-0.1, -0.05) is 13.3 Å². The summed E-state index contributed by atoms with van der Waals surface area (Å²) in [5.41, 5.74) is 0.363. The Balaban J connectivity index is 2.50. The van der Waals surface area contributed by atoms with Crippen LogP contribution in [0.4, 0.5) is 9.93 Å². The molecule has 0 aliphatic heterocycles. The Morgan fingerprint density at radius 2 is 2.29 bits per heavy atom. The molecule has 0 radical (unpaired) electrons. The van der Waals surface area contributed by atoms with Crippen molar-refractivity contribution >= 4 is 22.5 Å². The highest BCUT2D eigenvalue weighted by Gasteiger charge is 2.19. The van der Waals surface area contributed by atoms with Gasteiger partial charge in [-0.15, -0.1) is 11.3 Å². The number of carbonyl (C=O) groups is 1. The van der Waals surface area contributed by atoms with Gasteiger partial charge in [-0.25, -0.2) is 9.78 Å². The Kier molecular flexibility index (Phi) is 4.89. The number of rotatable bonds is 5. The lowest BCUT2D eigenvalue weighted by molar-refractivity contribution is 0.187. The minimum Gasteiger partial charge on any atom is -0.394 e. The van der Waals surface area contributed by atoms with E-state index < -0.39 is 5.54 Å². The third-order valence-electron chi connectivity index (χ3n) is 2.13. The van der Waals surface area contributed by atoms with Gasteiger partial charge in [0.15, 0.2) is 5.13 Å². The van der Waals surface area contributed by atoms with Gasteiger partial charge in [0.05, 0.1) is 17.8 Å². The molecule has 96 valence electrons. The van der Waals surface area contributed by atoms with Crippen LogP contribution in [0.25, 0.3) is 0 Å². The topological polar surface area (TPSA) is 74.2 Å². The minimum absolute atomic E-state index is 0.112. The molecule has 0 bridgehead atoms. The third-order valence-corrected chi connectivity index (χ3v) is 2.93. The monoisotopic (exact) mass is 257 g/mol. The molecule has 0 atom stereocenters. The number of anilines is 1. The van der Waals surface area contributed by atoms with Crippen LogP contribution in [0.2, 0.25) is 0 Å². The molecule has 1 aromatic rings. The molecule has 0 aromatic carbocycles. The normalized spacial score (nSPS) is 11.3. The van der Waals surface area contributed by atoms with Gasteiger partial charge >= 0.3 is 6.03 Å². The molecular formula is C11H19N3O2S. The second-order valence-electron chi connectivity index (χ2n) is 4.52. The largest absolute Gasteiger partial charge is 0.394 e. The lowest BCUT2D eigenvalue weighted by Gasteiger charge is -2.23. The first-order chi connectivity index (χ1) is 7.96. The average molecular weight is 257 g/mol. The molecule has 3 N–H and O–H groups in total. The number of aryl methyl sites for hydroxylation is 1. The molecule has 6 heteroatoms. The summed E-state index contributed by atoms with van der Waals surface area (Å²) in [5.74, 6) is 0. The maximum Gasteiger partial charge on any atom is 0.321 e. The smallest absolute Gasteiger partial charge is 0.321 e. The first-order valence-corrected chi connectivity index (χ1v) is 6.49. The van der Waals surface area contributed by atoms with Crippen LogP contribution in [0.1, 0.15) is 32.9 Å². The molecule has 0 aliphatic carbocycles. The van der Waals surface area contributed by atoms with Crippen molar-refractivity contribution in [2.24, 2.45) is 0 Å². The number of hydrogen-bond acceptors (Lipinski definition) is 4. The van der Waals surface area contributed by atoms with E-state index in [2.05, 4.69) is 22.5 Å². The summed E-state index contributed by atoms with van der Waals surface area (Å²) in [6.45, 7) is 5.47. The number of carbonyl (C=O) groups excluding carboxylic acids is 1. The van der Waals surface area contributed by atoms with Gasteiger partial charge in [-0.3, -0.25) is 5.32 Å². The Morgan fingerprint density at radius 3 is 2.88 bits per heavy atom. The zero-order chi connectivity index (χ0) is 12.9. The van der Waals surface area contributed by atoms with Gasteiger partial charge in [0.25, 0.3) is 0 Å². The molecule has 0 spiro atoms. The van der Waals surface area contributed by atoms with E-state index >= 15 is 0 Å². The Morgan fingerprint density at radius 1 is 1.59 bits per heavy atom. The van der Waals surface area contributed by atoms with E-state index in [-0.39, 0.29) is 12.6 Å². The van der Waals surface area contributed by atoms with Crippen molar-refractivity contribution in [3.63, 3.8) is 0 Å². The summed E-state index contributed by atoms with van der Waals surface area (Å²) in [4.78, 5) is 15.9. The van der Waals surface area contributed by atoms with Crippen molar-refractivity contribution in [2.45, 2.75) is 39.2 Å². The number of urea groups is 1. The molecule has 1 heterocycles. The van der Waals surface area contributed by atoms with Crippen LogP contribution < -0.4 is 10.6 Å². The van der Waals surface area contributed by atoms with Gasteiger partial charge in [0, 0.05) is 5.38 Å². The van der Waals surface area contributed by atoms with Crippen molar-refractivity contribution < 1.29 is 9.90 Å². The van der Waals surface area contributed by atoms with Crippen LogP contribution in [0.15, 0.2) is 5.38 Å². The molecule has 0 saturated carbocycles. The van der Waals surface area contributed by atoms with E-state index in [4.69, 9.17) is 5.11 Å². The summed E-state index contributed by atoms with van der Waals surface area (Å²) in [5, 5.41) is 16.9. The zero-order valence-corrected chi connectivity index (χ0v) is 11.2. The van der Waals surface area contributed by atoms with Crippen LogP contribution >= 0.6 is 11.3 Å². The molecular weight excluding hydrogens is 238 g/mol. The fourth-order valence-electron chi connectivity index (χ4n) is 1.21. The lowest BCUT2D eigenvalue weighted by Crippen LogP contribution is -2.48. The SMILES string of the molecule is CCCc1csc(NC(=O)NC(C)(C)CO)n1. The second-order valence-corrected chi connectivity index (χ2v) is 5.37. The summed E-state index contributed by atoms with van der Waals surface area (Å²) < 4.78 is 0. The summed E-state index contributed by atoms with van der Waals surface area (Å²) in [6, 6.07) is -0.346. The number of aliphatic hydroxyl groups excluding tert-OH is 1. The predicted molar refractivity (Wildman–Crippen MR) is 69.4 cm³/mol. The van der Waals surface area contributed by atoms with Gasteiger partial charge in [0.2, 0.25) is 0 Å². The number of nitrogens with one attached hydrogen (secondary N) is 2. The quantitative estimate of drug-likeness (QED) is 0.755. The van der Waals surface area contributed by atoms with Gasteiger partial charge in [-0.05, 0) is 20.3 Å². The fraction of sp³-hybridized carbons (Fsp3) is 0.636. The van der Waals surface area contributed by atoms with Crippen molar-refractivity contribution in [1.82, 2.24) is 10.3 Å². The molecule has 1 aromatic heterocycles. The number of thiazole rings is 1. The maximum atomic E-state index is 11.6. The zero-order valence-electron chi connectivity index (χ0n) is 10.4. The second kappa shape index (κ2) is 5.97. The van der Waals surface area contributed by atoms with Crippen molar-refractivity contribution in [3.8, 4) is 0 Å². The summed E-state index contributed by atoms with van der Waals surface area (Å²) in [7, 11) is 0. The van der Waals surface area contributed by atoms with Crippen molar-refractivity contribution in [2.75, 3.05) is 11.9 Å². The number of hydrogen-bond donors (Lipinski definition) is 3. The Hall–Kier alpha value is -1.14. The first-order valence-electron chi connectivity index (χ1n) is 5.61. The van der Waals surface area contributed by atoms with Crippen molar-refractivity contribution in [1.29, 1.82) is 0 Å². The summed E-state index contributed by atoms with van der Waals surface area (Å²) in [6.07, 6.45) is 1.95.